The number of nitrogens with zero attached hydrogens (tertiary/aromatic N) is 1. The summed E-state index contributed by atoms with van der Waals surface area (Å²) in [5, 5.41) is 6.02. The van der Waals surface area contributed by atoms with Gasteiger partial charge in [-0.2, -0.15) is 4.31 Å². The van der Waals surface area contributed by atoms with Crippen molar-refractivity contribution in [1.29, 1.82) is 0 Å². The van der Waals surface area contributed by atoms with Gasteiger partial charge in [0.15, 0.2) is 5.78 Å². The number of benzene rings is 2. The first-order valence-electron chi connectivity index (χ1n) is 15.2. The Morgan fingerprint density at radius 2 is 1.91 bits per heavy atom. The third-order valence-corrected chi connectivity index (χ3v) is 10.9. The molecular weight excluding hydrogens is 611 g/mol. The smallest absolute Gasteiger partial charge is 0.407 e. The standard InChI is InChI=1S/C32H42F3N3O6S/c1-43-21-32(15-5-16-33,23-9-11-24(34)12-10-23)30(37-31(40)44-2)29(39)18-22-6-3-8-28(35)27(22)14-13-26-19-36-25-7-4-17-45(41,42)38(26)20-25/h3,6,8-12,25-26,30,36H,4-5,7,13-21H2,1-2H3,(H,37,40)/t25?,26-,30+,32?/m0/s1. The summed E-state index contributed by atoms with van der Waals surface area (Å²) >= 11 is 0. The van der Waals surface area contributed by atoms with Gasteiger partial charge in [-0.1, -0.05) is 24.3 Å². The van der Waals surface area contributed by atoms with Gasteiger partial charge in [0, 0.05) is 44.1 Å². The molecule has 5 atom stereocenters. The molecular formula is C32H42F3N3O6S. The van der Waals surface area contributed by atoms with Crippen LogP contribution in [0.15, 0.2) is 42.5 Å². The molecule has 0 aliphatic carbocycles. The molecule has 0 aromatic heterocycles. The van der Waals surface area contributed by atoms with Crippen molar-refractivity contribution in [2.75, 3.05) is 46.3 Å². The molecule has 0 spiro atoms. The molecule has 2 aromatic rings. The highest BCUT2D eigenvalue weighted by molar-refractivity contribution is 7.89. The average Bonchev–Trinajstić information content (AvgIpc) is 3.13. The number of carbonyl (C=O) groups is 2. The first-order valence-corrected chi connectivity index (χ1v) is 16.8. The van der Waals surface area contributed by atoms with E-state index in [9.17, 15) is 26.8 Å². The molecule has 0 saturated carbocycles. The lowest BCUT2D eigenvalue weighted by molar-refractivity contribution is -0.123. The van der Waals surface area contributed by atoms with Crippen LogP contribution in [0.1, 0.15) is 48.8 Å². The number of halogens is 3. The Balaban J connectivity index is 1.65. The van der Waals surface area contributed by atoms with E-state index in [1.54, 1.807) is 6.07 Å². The van der Waals surface area contributed by atoms with Crippen LogP contribution in [0.4, 0.5) is 18.0 Å². The van der Waals surface area contributed by atoms with Crippen molar-refractivity contribution in [3.8, 4) is 0 Å². The van der Waals surface area contributed by atoms with Gasteiger partial charge in [-0.15, -0.1) is 0 Å². The molecule has 248 valence electrons. The number of methoxy groups -OCH3 is 2. The van der Waals surface area contributed by atoms with Gasteiger partial charge in [-0.25, -0.2) is 22.0 Å². The largest absolute Gasteiger partial charge is 0.453 e. The fourth-order valence-electron chi connectivity index (χ4n) is 6.71. The number of ether oxygens (including phenoxy) is 2. The van der Waals surface area contributed by atoms with Crippen LogP contribution in [0, 0.1) is 11.6 Å². The summed E-state index contributed by atoms with van der Waals surface area (Å²) in [5.74, 6) is -1.47. The third-order valence-electron chi connectivity index (χ3n) is 8.97. The monoisotopic (exact) mass is 653 g/mol. The van der Waals surface area contributed by atoms with Crippen LogP contribution in [0.25, 0.3) is 0 Å². The summed E-state index contributed by atoms with van der Waals surface area (Å²) in [4.78, 5) is 26.8. The highest BCUT2D eigenvalue weighted by Crippen LogP contribution is 2.36. The zero-order valence-electron chi connectivity index (χ0n) is 25.7. The van der Waals surface area contributed by atoms with Gasteiger partial charge in [-0.05, 0) is 73.4 Å². The first kappa shape index (κ1) is 34.9. The molecule has 2 aromatic carbocycles. The number of carbonyl (C=O) groups excluding carboxylic acids is 2. The minimum Gasteiger partial charge on any atom is -0.453 e. The molecule has 2 fully saturated rings. The Morgan fingerprint density at radius 3 is 2.60 bits per heavy atom. The number of Topliss-reactive ketones (excluding diaryl/α,β-unsaturated/α-hetero) is 1. The van der Waals surface area contributed by atoms with Gasteiger partial charge in [0.2, 0.25) is 10.0 Å². The molecule has 9 nitrogen and oxygen atoms in total. The summed E-state index contributed by atoms with van der Waals surface area (Å²) in [6.45, 7) is 0.00221. The van der Waals surface area contributed by atoms with Crippen molar-refractivity contribution >= 4 is 21.9 Å². The minimum absolute atomic E-state index is 0.0221. The quantitative estimate of drug-likeness (QED) is 0.319. The van der Waals surface area contributed by atoms with Gasteiger partial charge < -0.3 is 20.1 Å². The van der Waals surface area contributed by atoms with E-state index in [0.717, 1.165) is 13.5 Å². The van der Waals surface area contributed by atoms with E-state index >= 15 is 4.39 Å². The van der Waals surface area contributed by atoms with Crippen LogP contribution in [0.2, 0.25) is 0 Å². The van der Waals surface area contributed by atoms with E-state index in [2.05, 4.69) is 10.6 Å². The van der Waals surface area contributed by atoms with Gasteiger partial charge in [-0.3, -0.25) is 9.18 Å². The zero-order chi connectivity index (χ0) is 32.6. The van der Waals surface area contributed by atoms with E-state index in [1.165, 1.54) is 47.8 Å². The maximum absolute atomic E-state index is 15.4. The van der Waals surface area contributed by atoms with Crippen LogP contribution in [-0.4, -0.2) is 89.1 Å². The second-order valence-electron chi connectivity index (χ2n) is 11.8. The number of rotatable bonds is 14. The summed E-state index contributed by atoms with van der Waals surface area (Å²) < 4.78 is 80.6. The Kier molecular flexibility index (Phi) is 12.0. The summed E-state index contributed by atoms with van der Waals surface area (Å²) in [6.07, 6.45) is 0.761. The highest BCUT2D eigenvalue weighted by Gasteiger charge is 2.45. The van der Waals surface area contributed by atoms with Crippen molar-refractivity contribution in [2.24, 2.45) is 0 Å². The van der Waals surface area contributed by atoms with Crippen LogP contribution in [-0.2, 0) is 42.5 Å². The number of alkyl carbamates (subject to hydrolysis) is 1. The maximum Gasteiger partial charge on any atom is 0.407 e. The second kappa shape index (κ2) is 15.5. The molecule has 4 rings (SSSR count). The zero-order valence-corrected chi connectivity index (χ0v) is 26.5. The number of nitrogens with one attached hydrogen (secondary N) is 2. The predicted octanol–water partition coefficient (Wildman–Crippen LogP) is 3.83. The average molecular weight is 654 g/mol. The van der Waals surface area contributed by atoms with E-state index in [0.29, 0.717) is 37.1 Å². The first-order chi connectivity index (χ1) is 21.5. The van der Waals surface area contributed by atoms with Crippen LogP contribution >= 0.6 is 0 Å². The molecule has 1 amide bonds. The van der Waals surface area contributed by atoms with Crippen molar-refractivity contribution in [1.82, 2.24) is 14.9 Å². The van der Waals surface area contributed by atoms with E-state index in [-0.39, 0.29) is 55.7 Å². The van der Waals surface area contributed by atoms with Gasteiger partial charge in [0.25, 0.3) is 0 Å². The molecule has 3 unspecified atom stereocenters. The van der Waals surface area contributed by atoms with E-state index < -0.39 is 51.7 Å². The lowest BCUT2D eigenvalue weighted by Crippen LogP contribution is -2.58. The maximum atomic E-state index is 15.4. The van der Waals surface area contributed by atoms with E-state index in [4.69, 9.17) is 9.47 Å². The highest BCUT2D eigenvalue weighted by atomic mass is 32.2. The molecule has 45 heavy (non-hydrogen) atoms. The van der Waals surface area contributed by atoms with E-state index in [1.807, 2.05) is 0 Å². The Labute approximate surface area is 262 Å². The fourth-order valence-corrected chi connectivity index (χ4v) is 8.52. The summed E-state index contributed by atoms with van der Waals surface area (Å²) in [5.41, 5.74) is -0.193. The van der Waals surface area contributed by atoms with Crippen LogP contribution < -0.4 is 10.6 Å². The molecule has 0 radical (unpaired) electrons. The lowest BCUT2D eigenvalue weighted by Gasteiger charge is -2.40. The fraction of sp³-hybridized carbons (Fsp3) is 0.562. The molecule has 2 heterocycles. The van der Waals surface area contributed by atoms with Crippen molar-refractivity contribution < 1.29 is 40.7 Å². The molecule has 2 saturated heterocycles. The Morgan fingerprint density at radius 1 is 1.16 bits per heavy atom. The van der Waals surface area contributed by atoms with Crippen molar-refractivity contribution in [2.45, 2.75) is 68.5 Å². The van der Waals surface area contributed by atoms with Gasteiger partial charge in [0.05, 0.1) is 26.1 Å². The SMILES string of the molecule is COCC(CCCF)(c1ccc(F)cc1)[C@H](NC(=O)OC)C(=O)Cc1cccc(F)c1CC[C@H]1CNC2CCCS(=O)(=O)N1C2. The molecule has 2 aliphatic rings. The number of piperazine rings is 1. The van der Waals surface area contributed by atoms with Crippen molar-refractivity contribution in [3.05, 3.63) is 70.8 Å². The second-order valence-corrected chi connectivity index (χ2v) is 13.8. The topological polar surface area (TPSA) is 114 Å². The Hall–Kier alpha value is -3.00. The number of alkyl halides is 1. The number of amides is 1. The minimum atomic E-state index is -3.44. The van der Waals surface area contributed by atoms with Gasteiger partial charge >= 0.3 is 6.09 Å². The molecule has 2 bridgehead atoms. The number of hydrogen-bond donors (Lipinski definition) is 2. The third kappa shape index (κ3) is 8.24. The van der Waals surface area contributed by atoms with Crippen molar-refractivity contribution in [3.63, 3.8) is 0 Å². The van der Waals surface area contributed by atoms with Crippen LogP contribution in [0.5, 0.6) is 0 Å². The molecule has 13 heteroatoms. The van der Waals surface area contributed by atoms with Gasteiger partial charge in [0.1, 0.15) is 17.7 Å². The number of ketones is 1. The lowest BCUT2D eigenvalue weighted by atomic mass is 9.69. The Bertz CT molecular complexity index is 1430. The normalized spacial score (nSPS) is 22.9. The summed E-state index contributed by atoms with van der Waals surface area (Å²) in [6, 6.07) is 8.19. The van der Waals surface area contributed by atoms with Crippen LogP contribution in [0.3, 0.4) is 0 Å². The summed E-state index contributed by atoms with van der Waals surface area (Å²) in [7, 11) is -0.885. The number of sulfonamides is 1. The molecule has 2 N–H and O–H groups in total. The predicted molar refractivity (Wildman–Crippen MR) is 163 cm³/mol. The molecule has 2 aliphatic heterocycles. The number of fused-ring (bicyclic) bond motifs is 2. The number of hydrogen-bond acceptors (Lipinski definition) is 7.